The summed E-state index contributed by atoms with van der Waals surface area (Å²) in [7, 11) is 1.34. The summed E-state index contributed by atoms with van der Waals surface area (Å²) in [6.45, 7) is 4.16. The summed E-state index contributed by atoms with van der Waals surface area (Å²) in [4.78, 5) is 48.9. The quantitative estimate of drug-likeness (QED) is 0.518. The van der Waals surface area contributed by atoms with Gasteiger partial charge in [-0.3, -0.25) is 19.2 Å². The minimum Gasteiger partial charge on any atom is -0.496 e. The van der Waals surface area contributed by atoms with E-state index >= 15 is 0 Å². The summed E-state index contributed by atoms with van der Waals surface area (Å²) in [5, 5.41) is 0. The lowest BCUT2D eigenvalue weighted by atomic mass is 9.82. The van der Waals surface area contributed by atoms with Crippen molar-refractivity contribution < 1.29 is 33.4 Å². The molecule has 0 radical (unpaired) electrons. The number of hydrogen-bond acceptors (Lipinski definition) is 7. The summed E-state index contributed by atoms with van der Waals surface area (Å²) in [6.07, 6.45) is 0. The largest absolute Gasteiger partial charge is 0.496 e. The summed E-state index contributed by atoms with van der Waals surface area (Å²) in [5.74, 6) is -1.94. The molecule has 7 heteroatoms. The van der Waals surface area contributed by atoms with E-state index in [1.165, 1.54) is 39.2 Å². The Labute approximate surface area is 154 Å². The highest BCUT2D eigenvalue weighted by molar-refractivity contribution is 6.30. The molecule has 7 nitrogen and oxygen atoms in total. The Morgan fingerprint density at radius 1 is 0.778 bits per heavy atom. The first kappa shape index (κ1) is 18.3. The zero-order valence-electron chi connectivity index (χ0n) is 15.2. The molecule has 2 aromatic carbocycles. The Hall–Kier alpha value is -3.48. The van der Waals surface area contributed by atoms with Gasteiger partial charge in [0, 0.05) is 31.0 Å². The second-order valence-electron chi connectivity index (χ2n) is 6.08. The molecule has 1 aliphatic rings. The number of benzene rings is 2. The fourth-order valence-electron chi connectivity index (χ4n) is 3.06. The number of fused-ring (bicyclic) bond motifs is 2. The molecule has 0 amide bonds. The minimum absolute atomic E-state index is 0.00633. The van der Waals surface area contributed by atoms with E-state index in [0.29, 0.717) is 5.56 Å². The van der Waals surface area contributed by atoms with Gasteiger partial charge in [-0.15, -0.1) is 0 Å². The van der Waals surface area contributed by atoms with Crippen molar-refractivity contribution in [1.29, 1.82) is 0 Å². The molecule has 0 saturated carbocycles. The summed E-state index contributed by atoms with van der Waals surface area (Å²) < 4.78 is 15.4. The van der Waals surface area contributed by atoms with Crippen LogP contribution in [0.15, 0.2) is 24.3 Å². The third-order valence-corrected chi connectivity index (χ3v) is 4.00. The topological polar surface area (TPSA) is 96.0 Å². The van der Waals surface area contributed by atoms with Crippen molar-refractivity contribution in [2.45, 2.75) is 20.8 Å². The van der Waals surface area contributed by atoms with E-state index < -0.39 is 23.5 Å². The Bertz CT molecular complexity index is 1020. The number of rotatable bonds is 3. The lowest BCUT2D eigenvalue weighted by Gasteiger charge is -2.22. The molecule has 0 aliphatic heterocycles. The molecule has 0 atom stereocenters. The Balaban J connectivity index is 2.27. The van der Waals surface area contributed by atoms with Crippen molar-refractivity contribution in [1.82, 2.24) is 0 Å². The first-order chi connectivity index (χ1) is 12.7. The van der Waals surface area contributed by atoms with Gasteiger partial charge in [0.2, 0.25) is 5.78 Å². The van der Waals surface area contributed by atoms with Gasteiger partial charge in [-0.25, -0.2) is 0 Å². The van der Waals surface area contributed by atoms with E-state index in [9.17, 15) is 19.2 Å². The van der Waals surface area contributed by atoms with Crippen LogP contribution in [0.1, 0.15) is 51.3 Å². The average molecular weight is 368 g/mol. The monoisotopic (exact) mass is 368 g/mol. The van der Waals surface area contributed by atoms with Gasteiger partial charge in [0.1, 0.15) is 17.2 Å². The van der Waals surface area contributed by atoms with Gasteiger partial charge in [0.05, 0.1) is 18.2 Å². The van der Waals surface area contributed by atoms with Crippen molar-refractivity contribution in [3.05, 3.63) is 52.1 Å². The third-order valence-electron chi connectivity index (χ3n) is 4.00. The first-order valence-corrected chi connectivity index (χ1v) is 8.05. The number of methoxy groups -OCH3 is 1. The third kappa shape index (κ3) is 3.19. The molecule has 0 saturated heterocycles. The van der Waals surface area contributed by atoms with E-state index in [-0.39, 0.29) is 39.5 Å². The summed E-state index contributed by atoms with van der Waals surface area (Å²) >= 11 is 0. The highest BCUT2D eigenvalue weighted by atomic mass is 16.5. The van der Waals surface area contributed by atoms with Crippen LogP contribution in [0.25, 0.3) is 0 Å². The Morgan fingerprint density at radius 2 is 1.37 bits per heavy atom. The molecule has 2 aromatic rings. The van der Waals surface area contributed by atoms with E-state index in [2.05, 4.69) is 0 Å². The molecule has 0 fully saturated rings. The van der Waals surface area contributed by atoms with Crippen molar-refractivity contribution in [3.63, 3.8) is 0 Å². The maximum absolute atomic E-state index is 13.1. The molecular formula is C20H16O7. The summed E-state index contributed by atoms with van der Waals surface area (Å²) in [5.41, 5.74) is 0.862. The molecule has 0 N–H and O–H groups in total. The van der Waals surface area contributed by atoms with Crippen LogP contribution in [0.2, 0.25) is 0 Å². The number of ketones is 2. The van der Waals surface area contributed by atoms with Gasteiger partial charge in [-0.1, -0.05) is 0 Å². The first-order valence-electron chi connectivity index (χ1n) is 8.05. The summed E-state index contributed by atoms with van der Waals surface area (Å²) in [6, 6.07) is 5.76. The molecule has 3 rings (SSSR count). The maximum atomic E-state index is 13.1. The van der Waals surface area contributed by atoms with Gasteiger partial charge in [-0.2, -0.15) is 0 Å². The fraction of sp³-hybridized carbons (Fsp3) is 0.200. The molecule has 0 bridgehead atoms. The van der Waals surface area contributed by atoms with E-state index in [1.54, 1.807) is 13.0 Å². The van der Waals surface area contributed by atoms with E-state index in [1.807, 2.05) is 0 Å². The van der Waals surface area contributed by atoms with E-state index in [4.69, 9.17) is 14.2 Å². The smallest absolute Gasteiger partial charge is 0.308 e. The lowest BCUT2D eigenvalue weighted by Crippen LogP contribution is -2.24. The number of ether oxygens (including phenoxy) is 3. The predicted molar refractivity (Wildman–Crippen MR) is 93.7 cm³/mol. The number of esters is 2. The van der Waals surface area contributed by atoms with Crippen LogP contribution in [-0.2, 0) is 9.59 Å². The molecular weight excluding hydrogens is 352 g/mol. The maximum Gasteiger partial charge on any atom is 0.308 e. The SMILES string of the molecule is COc1cc(OC(C)=O)cc2c1C(=O)c1c(OC(C)=O)cc(C)cc1C2=O. The molecule has 1 aliphatic carbocycles. The van der Waals surface area contributed by atoms with E-state index in [0.717, 1.165) is 0 Å². The van der Waals surface area contributed by atoms with Crippen molar-refractivity contribution in [2.24, 2.45) is 0 Å². The zero-order chi connectivity index (χ0) is 19.9. The standard InChI is InChI=1S/C20H16O7/c1-9-5-13-18(16(6-9)27-11(3)22)20(24)17-14(19(13)23)7-12(26-10(2)21)8-15(17)25-4/h5-8H,1-4H3. The average Bonchev–Trinajstić information content (AvgIpc) is 2.57. The Morgan fingerprint density at radius 3 is 1.96 bits per heavy atom. The highest BCUT2D eigenvalue weighted by Gasteiger charge is 2.36. The molecule has 0 spiro atoms. The molecule has 0 heterocycles. The predicted octanol–water partition coefficient (Wildman–Crippen LogP) is 2.63. The number of carbonyl (C=O) groups is 4. The second kappa shape index (κ2) is 6.68. The van der Waals surface area contributed by atoms with Crippen LogP contribution in [0, 0.1) is 6.92 Å². The van der Waals surface area contributed by atoms with Gasteiger partial charge < -0.3 is 14.2 Å². The number of aryl methyl sites for hydroxylation is 1. The molecule has 138 valence electrons. The van der Waals surface area contributed by atoms with Crippen LogP contribution in [-0.4, -0.2) is 30.6 Å². The highest BCUT2D eigenvalue weighted by Crippen LogP contribution is 2.40. The van der Waals surface area contributed by atoms with Crippen LogP contribution in [0.5, 0.6) is 17.2 Å². The molecule has 27 heavy (non-hydrogen) atoms. The van der Waals surface area contributed by atoms with Gasteiger partial charge in [0.15, 0.2) is 5.78 Å². The van der Waals surface area contributed by atoms with Crippen molar-refractivity contribution in [3.8, 4) is 17.2 Å². The van der Waals surface area contributed by atoms with Gasteiger partial charge in [0.25, 0.3) is 0 Å². The Kier molecular flexibility index (Phi) is 4.53. The number of carbonyl (C=O) groups excluding carboxylic acids is 4. The van der Waals surface area contributed by atoms with Gasteiger partial charge in [-0.05, 0) is 30.7 Å². The van der Waals surface area contributed by atoms with Crippen LogP contribution < -0.4 is 14.2 Å². The van der Waals surface area contributed by atoms with Crippen LogP contribution >= 0.6 is 0 Å². The van der Waals surface area contributed by atoms with Gasteiger partial charge >= 0.3 is 11.9 Å². The van der Waals surface area contributed by atoms with Crippen molar-refractivity contribution in [2.75, 3.05) is 7.11 Å². The van der Waals surface area contributed by atoms with Crippen LogP contribution in [0.4, 0.5) is 0 Å². The molecule has 0 unspecified atom stereocenters. The minimum atomic E-state index is -0.606. The lowest BCUT2D eigenvalue weighted by molar-refractivity contribution is -0.132. The fourth-order valence-corrected chi connectivity index (χ4v) is 3.06. The normalized spacial score (nSPS) is 12.1. The molecule has 0 aromatic heterocycles. The van der Waals surface area contributed by atoms with Crippen LogP contribution in [0.3, 0.4) is 0 Å². The zero-order valence-corrected chi connectivity index (χ0v) is 15.2. The number of hydrogen-bond donors (Lipinski definition) is 0. The second-order valence-corrected chi connectivity index (χ2v) is 6.08. The van der Waals surface area contributed by atoms with Crippen molar-refractivity contribution >= 4 is 23.5 Å².